The van der Waals surface area contributed by atoms with Gasteiger partial charge in [0.1, 0.15) is 0 Å². The minimum absolute atomic E-state index is 0.486. The third kappa shape index (κ3) is 4.15. The van der Waals surface area contributed by atoms with E-state index in [1.54, 1.807) is 0 Å². The highest BCUT2D eigenvalue weighted by atomic mass is 15.3. The zero-order valence-electron chi connectivity index (χ0n) is 13.1. The second-order valence-electron chi connectivity index (χ2n) is 6.11. The lowest BCUT2D eigenvalue weighted by Gasteiger charge is -2.35. The van der Waals surface area contributed by atoms with Crippen molar-refractivity contribution >= 4 is 5.95 Å². The maximum absolute atomic E-state index is 4.51. The zero-order valence-corrected chi connectivity index (χ0v) is 13.1. The van der Waals surface area contributed by atoms with E-state index in [-0.39, 0.29) is 0 Å². The molecule has 1 N–H and O–H groups in total. The van der Waals surface area contributed by atoms with Gasteiger partial charge in [0.05, 0.1) is 0 Å². The smallest absolute Gasteiger partial charge is 0.225 e. The Morgan fingerprint density at radius 1 is 1.25 bits per heavy atom. The predicted molar refractivity (Wildman–Crippen MR) is 82.9 cm³/mol. The van der Waals surface area contributed by atoms with Crippen LogP contribution in [0, 0.1) is 0 Å². The molecule has 0 aromatic carbocycles. The summed E-state index contributed by atoms with van der Waals surface area (Å²) in [7, 11) is 4.32. The van der Waals surface area contributed by atoms with Crippen LogP contribution in [0.25, 0.3) is 0 Å². The van der Waals surface area contributed by atoms with E-state index in [9.17, 15) is 0 Å². The van der Waals surface area contributed by atoms with Crippen LogP contribution in [0.3, 0.4) is 0 Å². The molecule has 0 bridgehead atoms. The number of rotatable bonds is 5. The first kappa shape index (κ1) is 15.2. The quantitative estimate of drug-likeness (QED) is 0.884. The van der Waals surface area contributed by atoms with Crippen molar-refractivity contribution in [1.82, 2.24) is 20.2 Å². The van der Waals surface area contributed by atoms with Gasteiger partial charge in [0.15, 0.2) is 0 Å². The van der Waals surface area contributed by atoms with E-state index in [1.807, 2.05) is 12.4 Å². The molecule has 1 aliphatic rings. The average molecular weight is 277 g/mol. The second kappa shape index (κ2) is 6.99. The molecule has 0 amide bonds. The van der Waals surface area contributed by atoms with Gasteiger partial charge >= 0.3 is 0 Å². The Morgan fingerprint density at radius 3 is 2.35 bits per heavy atom. The van der Waals surface area contributed by atoms with Gasteiger partial charge in [-0.15, -0.1) is 0 Å². The van der Waals surface area contributed by atoms with Crippen molar-refractivity contribution < 1.29 is 0 Å². The summed E-state index contributed by atoms with van der Waals surface area (Å²) in [5.41, 5.74) is 1.14. The lowest BCUT2D eigenvalue weighted by molar-refractivity contribution is 0.249. The van der Waals surface area contributed by atoms with Crippen molar-refractivity contribution in [2.75, 3.05) is 32.1 Å². The molecule has 1 aromatic rings. The van der Waals surface area contributed by atoms with Gasteiger partial charge in [-0.25, -0.2) is 9.97 Å². The van der Waals surface area contributed by atoms with Gasteiger partial charge in [-0.2, -0.15) is 0 Å². The Labute approximate surface area is 122 Å². The molecule has 5 nitrogen and oxygen atoms in total. The second-order valence-corrected chi connectivity index (χ2v) is 6.11. The highest BCUT2D eigenvalue weighted by molar-refractivity contribution is 5.30. The molecular formula is C15H27N5. The summed E-state index contributed by atoms with van der Waals surface area (Å²) in [6.45, 7) is 7.22. The molecule has 0 radical (unpaired) electrons. The van der Waals surface area contributed by atoms with Crippen molar-refractivity contribution in [3.63, 3.8) is 0 Å². The molecule has 2 rings (SSSR count). The first-order chi connectivity index (χ1) is 9.56. The van der Waals surface area contributed by atoms with E-state index in [4.69, 9.17) is 0 Å². The van der Waals surface area contributed by atoms with E-state index in [2.05, 4.69) is 53.0 Å². The molecule has 1 saturated heterocycles. The molecule has 1 fully saturated rings. The molecular weight excluding hydrogens is 250 g/mol. The molecule has 20 heavy (non-hydrogen) atoms. The Morgan fingerprint density at radius 2 is 1.85 bits per heavy atom. The van der Waals surface area contributed by atoms with E-state index >= 15 is 0 Å². The van der Waals surface area contributed by atoms with Crippen LogP contribution in [0.1, 0.15) is 32.3 Å². The molecule has 1 aliphatic heterocycles. The number of anilines is 1. The molecule has 112 valence electrons. The summed E-state index contributed by atoms with van der Waals surface area (Å²) in [6, 6.07) is 1.18. The van der Waals surface area contributed by atoms with Crippen LogP contribution in [-0.2, 0) is 6.54 Å². The lowest BCUT2D eigenvalue weighted by Crippen LogP contribution is -2.42. The van der Waals surface area contributed by atoms with Gasteiger partial charge < -0.3 is 15.1 Å². The van der Waals surface area contributed by atoms with Crippen LogP contribution in [0.2, 0.25) is 0 Å². The van der Waals surface area contributed by atoms with Crippen LogP contribution < -0.4 is 10.2 Å². The largest absolute Gasteiger partial charge is 0.341 e. The predicted octanol–water partition coefficient (Wildman–Crippen LogP) is 1.50. The van der Waals surface area contributed by atoms with Gasteiger partial charge in [-0.05, 0) is 26.9 Å². The van der Waals surface area contributed by atoms with E-state index in [0.29, 0.717) is 12.1 Å². The summed E-state index contributed by atoms with van der Waals surface area (Å²) in [6.07, 6.45) is 6.26. The van der Waals surface area contributed by atoms with Crippen molar-refractivity contribution in [2.45, 2.75) is 45.3 Å². The lowest BCUT2D eigenvalue weighted by atomic mass is 10.0. The summed E-state index contributed by atoms with van der Waals surface area (Å²) in [5, 5.41) is 3.38. The number of nitrogens with one attached hydrogen (secondary N) is 1. The molecule has 0 atom stereocenters. The van der Waals surface area contributed by atoms with Gasteiger partial charge in [0.25, 0.3) is 0 Å². The molecule has 2 heterocycles. The topological polar surface area (TPSA) is 44.3 Å². The Hall–Kier alpha value is -1.20. The average Bonchev–Trinajstić information content (AvgIpc) is 2.46. The van der Waals surface area contributed by atoms with Crippen molar-refractivity contribution in [3.05, 3.63) is 18.0 Å². The van der Waals surface area contributed by atoms with Gasteiger partial charge in [0, 0.05) is 49.7 Å². The van der Waals surface area contributed by atoms with Crippen LogP contribution in [0.5, 0.6) is 0 Å². The van der Waals surface area contributed by atoms with E-state index in [0.717, 1.165) is 31.1 Å². The summed E-state index contributed by atoms with van der Waals surface area (Å²) < 4.78 is 0. The van der Waals surface area contributed by atoms with Crippen molar-refractivity contribution in [2.24, 2.45) is 0 Å². The van der Waals surface area contributed by atoms with Crippen LogP contribution in [0.15, 0.2) is 12.4 Å². The third-order valence-electron chi connectivity index (χ3n) is 3.88. The SMILES string of the molecule is CC(C)NCc1cnc(N2CCC(N(C)C)CC2)nc1. The number of hydrogen-bond donors (Lipinski definition) is 1. The fraction of sp³-hybridized carbons (Fsp3) is 0.733. The molecule has 5 heteroatoms. The molecule has 0 unspecified atom stereocenters. The van der Waals surface area contributed by atoms with Crippen LogP contribution in [0.4, 0.5) is 5.95 Å². The molecule has 0 aliphatic carbocycles. The third-order valence-corrected chi connectivity index (χ3v) is 3.88. The number of hydrogen-bond acceptors (Lipinski definition) is 5. The van der Waals surface area contributed by atoms with Gasteiger partial charge in [-0.1, -0.05) is 13.8 Å². The standard InChI is InChI=1S/C15H27N5/c1-12(2)16-9-13-10-17-15(18-11-13)20-7-5-14(6-8-20)19(3)4/h10-12,14,16H,5-9H2,1-4H3. The summed E-state index contributed by atoms with van der Waals surface area (Å²) >= 11 is 0. The minimum Gasteiger partial charge on any atom is -0.341 e. The maximum Gasteiger partial charge on any atom is 0.225 e. The van der Waals surface area contributed by atoms with Gasteiger partial charge in [0.2, 0.25) is 5.95 Å². The van der Waals surface area contributed by atoms with Crippen molar-refractivity contribution in [3.8, 4) is 0 Å². The molecule has 0 saturated carbocycles. The maximum atomic E-state index is 4.51. The highest BCUT2D eigenvalue weighted by Crippen LogP contribution is 2.18. The molecule has 0 spiro atoms. The zero-order chi connectivity index (χ0) is 14.5. The highest BCUT2D eigenvalue weighted by Gasteiger charge is 2.21. The summed E-state index contributed by atoms with van der Waals surface area (Å²) in [4.78, 5) is 13.6. The van der Waals surface area contributed by atoms with E-state index < -0.39 is 0 Å². The van der Waals surface area contributed by atoms with Crippen molar-refractivity contribution in [1.29, 1.82) is 0 Å². The Kier molecular flexibility index (Phi) is 5.31. The fourth-order valence-corrected chi connectivity index (χ4v) is 2.51. The van der Waals surface area contributed by atoms with Crippen LogP contribution >= 0.6 is 0 Å². The number of aromatic nitrogens is 2. The normalized spacial score (nSPS) is 17.2. The first-order valence-electron chi connectivity index (χ1n) is 7.52. The fourth-order valence-electron chi connectivity index (χ4n) is 2.51. The molecule has 1 aromatic heterocycles. The Balaban J connectivity index is 1.87. The van der Waals surface area contributed by atoms with Gasteiger partial charge in [-0.3, -0.25) is 0 Å². The number of piperidine rings is 1. The van der Waals surface area contributed by atoms with E-state index in [1.165, 1.54) is 12.8 Å². The van der Waals surface area contributed by atoms with Crippen LogP contribution in [-0.4, -0.2) is 54.1 Å². The monoisotopic (exact) mass is 277 g/mol. The first-order valence-corrected chi connectivity index (χ1v) is 7.52. The minimum atomic E-state index is 0.486. The Bertz CT molecular complexity index is 393. The summed E-state index contributed by atoms with van der Waals surface area (Å²) in [5.74, 6) is 0.871. The number of nitrogens with zero attached hydrogens (tertiary/aromatic N) is 4.